The summed E-state index contributed by atoms with van der Waals surface area (Å²) in [5.41, 5.74) is 1.28. The van der Waals surface area contributed by atoms with Crippen LogP contribution in [0.1, 0.15) is 12.5 Å². The maximum absolute atomic E-state index is 10.8. The molecule has 1 aromatic rings. The van der Waals surface area contributed by atoms with Gasteiger partial charge in [-0.1, -0.05) is 30.3 Å². The molecule has 0 spiro atoms. The largest absolute Gasteiger partial charge is 0.367 e. The number of hydrogen-bond donors (Lipinski definition) is 1. The van der Waals surface area contributed by atoms with Gasteiger partial charge in [-0.25, -0.2) is 0 Å². The van der Waals surface area contributed by atoms with E-state index in [1.54, 1.807) is 11.8 Å². The fraction of sp³-hybridized carbons (Fsp3) is 0.462. The number of carbonyl (C=O) groups excluding carboxylic acids is 1. The summed E-state index contributed by atoms with van der Waals surface area (Å²) in [7, 11) is 0. The Morgan fingerprint density at radius 1 is 1.41 bits per heavy atom. The minimum absolute atomic E-state index is 0.129. The van der Waals surface area contributed by atoms with Crippen molar-refractivity contribution >= 4 is 18.0 Å². The Labute approximate surface area is 107 Å². The zero-order chi connectivity index (χ0) is 12.3. The van der Waals surface area contributed by atoms with Crippen LogP contribution in [0.4, 0.5) is 0 Å². The van der Waals surface area contributed by atoms with Crippen LogP contribution in [0.15, 0.2) is 30.3 Å². The monoisotopic (exact) mass is 253 g/mol. The van der Waals surface area contributed by atoms with Crippen LogP contribution >= 0.6 is 11.8 Å². The van der Waals surface area contributed by atoms with Gasteiger partial charge in [0.05, 0.1) is 12.8 Å². The summed E-state index contributed by atoms with van der Waals surface area (Å²) < 4.78 is 5.15. The van der Waals surface area contributed by atoms with E-state index >= 15 is 0 Å². The van der Waals surface area contributed by atoms with Crippen molar-refractivity contribution in [3.63, 3.8) is 0 Å². The van der Waals surface area contributed by atoms with E-state index in [2.05, 4.69) is 17.4 Å². The van der Waals surface area contributed by atoms with Crippen LogP contribution in [0, 0.1) is 0 Å². The molecule has 0 aliphatic carbocycles. The van der Waals surface area contributed by atoms with E-state index in [1.807, 2.05) is 25.1 Å². The van der Waals surface area contributed by atoms with E-state index in [-0.39, 0.29) is 6.04 Å². The lowest BCUT2D eigenvalue weighted by Gasteiger charge is -2.12. The summed E-state index contributed by atoms with van der Waals surface area (Å²) >= 11 is 1.75. The minimum Gasteiger partial charge on any atom is -0.367 e. The molecule has 0 aliphatic rings. The quantitative estimate of drug-likeness (QED) is 0.415. The zero-order valence-corrected chi connectivity index (χ0v) is 10.9. The summed E-state index contributed by atoms with van der Waals surface area (Å²) in [6.45, 7) is 3.03. The first-order chi connectivity index (χ1) is 8.36. The number of aldehydes is 1. The van der Waals surface area contributed by atoms with Gasteiger partial charge in [-0.3, -0.25) is 5.32 Å². The van der Waals surface area contributed by atoms with Crippen molar-refractivity contribution in [3.05, 3.63) is 35.9 Å². The highest BCUT2D eigenvalue weighted by Crippen LogP contribution is 2.12. The molecule has 1 unspecified atom stereocenters. The molecule has 1 atom stereocenters. The average molecular weight is 253 g/mol. The molecule has 0 saturated heterocycles. The van der Waals surface area contributed by atoms with Crippen molar-refractivity contribution in [2.75, 3.05) is 19.1 Å². The summed E-state index contributed by atoms with van der Waals surface area (Å²) in [6.07, 6.45) is 0.941. The predicted octanol–water partition coefficient (Wildman–Crippen LogP) is 2.07. The molecule has 17 heavy (non-hydrogen) atoms. The van der Waals surface area contributed by atoms with E-state index in [0.717, 1.165) is 17.8 Å². The molecular formula is C13H19NO2S. The maximum Gasteiger partial charge on any atom is 0.137 e. The molecule has 0 amide bonds. The Balaban J connectivity index is 2.17. The standard InChI is InChI=1S/C13H19NO2S/c1-2-16-11-14-13(8-15)10-17-9-12-6-4-3-5-7-12/h3-8,13-14H,2,9-11H2,1H3. The number of rotatable bonds is 9. The molecule has 4 heteroatoms. The molecule has 0 aromatic heterocycles. The highest BCUT2D eigenvalue weighted by Gasteiger charge is 2.05. The van der Waals surface area contributed by atoms with Crippen LogP contribution in [0.2, 0.25) is 0 Å². The molecule has 0 radical (unpaired) electrons. The fourth-order valence-corrected chi connectivity index (χ4v) is 2.29. The van der Waals surface area contributed by atoms with Crippen LogP contribution < -0.4 is 5.32 Å². The third-order valence-corrected chi connectivity index (χ3v) is 3.36. The summed E-state index contributed by atoms with van der Waals surface area (Å²) in [5, 5.41) is 3.05. The Morgan fingerprint density at radius 3 is 2.82 bits per heavy atom. The molecule has 0 fully saturated rings. The van der Waals surface area contributed by atoms with Crippen LogP contribution in [0.25, 0.3) is 0 Å². The topological polar surface area (TPSA) is 38.3 Å². The van der Waals surface area contributed by atoms with E-state index in [4.69, 9.17) is 4.74 Å². The number of thioether (sulfide) groups is 1. The second-order valence-electron chi connectivity index (χ2n) is 3.58. The molecule has 1 rings (SSSR count). The molecule has 0 aliphatic heterocycles. The summed E-state index contributed by atoms with van der Waals surface area (Å²) in [4.78, 5) is 10.8. The van der Waals surface area contributed by atoms with Gasteiger partial charge in [0.25, 0.3) is 0 Å². The molecule has 0 bridgehead atoms. The summed E-state index contributed by atoms with van der Waals surface area (Å²) in [5.74, 6) is 1.70. The molecular weight excluding hydrogens is 234 g/mol. The van der Waals surface area contributed by atoms with Gasteiger partial charge in [-0.05, 0) is 12.5 Å². The lowest BCUT2D eigenvalue weighted by atomic mass is 10.2. The molecule has 1 aromatic carbocycles. The summed E-state index contributed by atoms with van der Waals surface area (Å²) in [6, 6.07) is 10.1. The van der Waals surface area contributed by atoms with Crippen LogP contribution in [-0.2, 0) is 15.3 Å². The van der Waals surface area contributed by atoms with Gasteiger partial charge in [0.2, 0.25) is 0 Å². The third-order valence-electron chi connectivity index (χ3n) is 2.22. The van der Waals surface area contributed by atoms with Gasteiger partial charge in [-0.15, -0.1) is 0 Å². The van der Waals surface area contributed by atoms with Gasteiger partial charge in [-0.2, -0.15) is 11.8 Å². The first kappa shape index (κ1) is 14.2. The Hall–Kier alpha value is -0.840. The first-order valence-corrected chi connectivity index (χ1v) is 6.90. The third kappa shape index (κ3) is 6.46. The number of ether oxygens (including phenoxy) is 1. The predicted molar refractivity (Wildman–Crippen MR) is 72.1 cm³/mol. The number of benzene rings is 1. The minimum atomic E-state index is -0.129. The molecule has 1 N–H and O–H groups in total. The van der Waals surface area contributed by atoms with Crippen molar-refractivity contribution in [1.82, 2.24) is 5.32 Å². The van der Waals surface area contributed by atoms with Crippen molar-refractivity contribution in [3.8, 4) is 0 Å². The first-order valence-electron chi connectivity index (χ1n) is 5.75. The SMILES string of the molecule is CCOCNC(C=O)CSCc1ccccc1. The second-order valence-corrected chi connectivity index (χ2v) is 4.61. The lowest BCUT2D eigenvalue weighted by molar-refractivity contribution is -0.109. The van der Waals surface area contributed by atoms with E-state index in [0.29, 0.717) is 13.3 Å². The van der Waals surface area contributed by atoms with Crippen LogP contribution in [0.5, 0.6) is 0 Å². The maximum atomic E-state index is 10.8. The van der Waals surface area contributed by atoms with Crippen molar-refractivity contribution in [2.24, 2.45) is 0 Å². The van der Waals surface area contributed by atoms with Crippen LogP contribution in [0.3, 0.4) is 0 Å². The average Bonchev–Trinajstić information content (AvgIpc) is 2.38. The van der Waals surface area contributed by atoms with Gasteiger partial charge >= 0.3 is 0 Å². The highest BCUT2D eigenvalue weighted by atomic mass is 32.2. The van der Waals surface area contributed by atoms with Gasteiger partial charge < -0.3 is 9.53 Å². The highest BCUT2D eigenvalue weighted by molar-refractivity contribution is 7.98. The number of nitrogens with one attached hydrogen (secondary N) is 1. The van der Waals surface area contributed by atoms with Crippen molar-refractivity contribution < 1.29 is 9.53 Å². The molecule has 3 nitrogen and oxygen atoms in total. The molecule has 94 valence electrons. The Morgan fingerprint density at radius 2 is 2.18 bits per heavy atom. The number of hydrogen-bond acceptors (Lipinski definition) is 4. The van der Waals surface area contributed by atoms with Crippen molar-refractivity contribution in [1.29, 1.82) is 0 Å². The Kier molecular flexibility index (Phi) is 7.71. The Bertz CT molecular complexity index is 306. The van der Waals surface area contributed by atoms with Crippen molar-refractivity contribution in [2.45, 2.75) is 18.7 Å². The zero-order valence-electron chi connectivity index (χ0n) is 10.1. The second kappa shape index (κ2) is 9.22. The van der Waals surface area contributed by atoms with E-state index in [9.17, 15) is 4.79 Å². The lowest BCUT2D eigenvalue weighted by Crippen LogP contribution is -2.34. The smallest absolute Gasteiger partial charge is 0.137 e. The normalized spacial score (nSPS) is 12.3. The van der Waals surface area contributed by atoms with Crippen LogP contribution in [-0.4, -0.2) is 31.4 Å². The van der Waals surface area contributed by atoms with Gasteiger partial charge in [0.15, 0.2) is 0 Å². The van der Waals surface area contributed by atoms with E-state index < -0.39 is 0 Å². The van der Waals surface area contributed by atoms with Gasteiger partial charge in [0.1, 0.15) is 6.29 Å². The molecule has 0 saturated carbocycles. The molecule has 0 heterocycles. The van der Waals surface area contributed by atoms with Gasteiger partial charge in [0, 0.05) is 18.1 Å². The fourth-order valence-electron chi connectivity index (χ4n) is 1.29. The number of carbonyl (C=O) groups is 1. The van der Waals surface area contributed by atoms with E-state index in [1.165, 1.54) is 5.56 Å².